The topological polar surface area (TPSA) is 98.5 Å². The van der Waals surface area contributed by atoms with Crippen LogP contribution in [-0.2, 0) is 19.6 Å². The summed E-state index contributed by atoms with van der Waals surface area (Å²) in [4.78, 5) is 10.5. The van der Waals surface area contributed by atoms with Gasteiger partial charge in [-0.25, -0.2) is 17.5 Å². The Morgan fingerprint density at radius 2 is 2.16 bits per heavy atom. The molecule has 19 heavy (non-hydrogen) atoms. The highest BCUT2D eigenvalue weighted by molar-refractivity contribution is 7.89. The van der Waals surface area contributed by atoms with Crippen molar-refractivity contribution in [3.8, 4) is 0 Å². The van der Waals surface area contributed by atoms with Crippen molar-refractivity contribution in [3.63, 3.8) is 0 Å². The molecule has 0 unspecified atom stereocenters. The van der Waals surface area contributed by atoms with E-state index in [1.165, 1.54) is 6.07 Å². The first-order valence-electron chi connectivity index (χ1n) is 5.57. The minimum absolute atomic E-state index is 0.128. The van der Waals surface area contributed by atoms with Gasteiger partial charge in [0.1, 0.15) is 10.7 Å². The SMILES string of the molecule is CCOC(=O)CCNS(=O)(=O)c1cc(N)ccc1F. The number of benzene rings is 1. The normalized spacial score (nSPS) is 11.3. The number of rotatable bonds is 6. The molecule has 0 radical (unpaired) electrons. The number of ether oxygens (including phenoxy) is 1. The predicted molar refractivity (Wildman–Crippen MR) is 67.3 cm³/mol. The van der Waals surface area contributed by atoms with E-state index >= 15 is 0 Å². The van der Waals surface area contributed by atoms with Gasteiger partial charge in [-0.15, -0.1) is 0 Å². The van der Waals surface area contributed by atoms with E-state index in [2.05, 4.69) is 9.46 Å². The number of nitrogens with two attached hydrogens (primary N) is 1. The van der Waals surface area contributed by atoms with Crippen molar-refractivity contribution in [3.05, 3.63) is 24.0 Å². The van der Waals surface area contributed by atoms with Crippen LogP contribution in [-0.4, -0.2) is 27.5 Å². The Hall–Kier alpha value is -1.67. The molecule has 0 spiro atoms. The summed E-state index contributed by atoms with van der Waals surface area (Å²) in [6.45, 7) is 1.69. The molecule has 1 aromatic carbocycles. The molecule has 0 aliphatic heterocycles. The van der Waals surface area contributed by atoms with Crippen LogP contribution < -0.4 is 10.5 Å². The number of hydrogen-bond acceptors (Lipinski definition) is 5. The van der Waals surface area contributed by atoms with E-state index in [1.807, 2.05) is 0 Å². The molecule has 8 heteroatoms. The Bertz CT molecular complexity index is 560. The monoisotopic (exact) mass is 290 g/mol. The molecule has 3 N–H and O–H groups in total. The lowest BCUT2D eigenvalue weighted by Gasteiger charge is -2.08. The van der Waals surface area contributed by atoms with Gasteiger partial charge in [-0.2, -0.15) is 0 Å². The third kappa shape index (κ3) is 4.49. The van der Waals surface area contributed by atoms with Crippen LogP contribution in [0.2, 0.25) is 0 Å². The second kappa shape index (κ2) is 6.48. The number of carbonyl (C=O) groups is 1. The number of nitrogen functional groups attached to an aromatic ring is 1. The Morgan fingerprint density at radius 1 is 1.47 bits per heavy atom. The summed E-state index contributed by atoms with van der Waals surface area (Å²) < 4.78 is 43.7. The van der Waals surface area contributed by atoms with E-state index in [9.17, 15) is 17.6 Å². The van der Waals surface area contributed by atoms with Crippen molar-refractivity contribution in [2.45, 2.75) is 18.2 Å². The van der Waals surface area contributed by atoms with Gasteiger partial charge in [0.25, 0.3) is 0 Å². The van der Waals surface area contributed by atoms with E-state index in [0.717, 1.165) is 12.1 Å². The Kier molecular flexibility index (Phi) is 5.25. The zero-order valence-electron chi connectivity index (χ0n) is 10.3. The Balaban J connectivity index is 2.71. The molecule has 0 aliphatic carbocycles. The minimum Gasteiger partial charge on any atom is -0.466 e. The maximum atomic E-state index is 13.4. The highest BCUT2D eigenvalue weighted by Gasteiger charge is 2.19. The van der Waals surface area contributed by atoms with E-state index < -0.39 is 26.7 Å². The maximum absolute atomic E-state index is 13.4. The molecular weight excluding hydrogens is 275 g/mol. The fourth-order valence-electron chi connectivity index (χ4n) is 1.32. The van der Waals surface area contributed by atoms with Gasteiger partial charge in [-0.05, 0) is 25.1 Å². The maximum Gasteiger partial charge on any atom is 0.307 e. The summed E-state index contributed by atoms with van der Waals surface area (Å²) in [5.74, 6) is -1.43. The molecule has 0 atom stereocenters. The number of carbonyl (C=O) groups excluding carboxylic acids is 1. The number of esters is 1. The van der Waals surface area contributed by atoms with E-state index in [0.29, 0.717) is 0 Å². The quantitative estimate of drug-likeness (QED) is 0.591. The first kappa shape index (κ1) is 15.4. The van der Waals surface area contributed by atoms with Crippen LogP contribution in [0.4, 0.5) is 10.1 Å². The predicted octanol–water partition coefficient (Wildman–Crippen LogP) is 0.639. The number of sulfonamides is 1. The van der Waals surface area contributed by atoms with E-state index in [1.54, 1.807) is 6.92 Å². The molecule has 0 amide bonds. The molecule has 6 nitrogen and oxygen atoms in total. The van der Waals surface area contributed by atoms with Crippen LogP contribution >= 0.6 is 0 Å². The van der Waals surface area contributed by atoms with Crippen molar-refractivity contribution in [1.29, 1.82) is 0 Å². The molecule has 1 rings (SSSR count). The highest BCUT2D eigenvalue weighted by atomic mass is 32.2. The number of hydrogen-bond donors (Lipinski definition) is 2. The molecule has 0 aromatic heterocycles. The van der Waals surface area contributed by atoms with Gasteiger partial charge in [0.15, 0.2) is 0 Å². The Labute approximate surface area is 110 Å². The van der Waals surface area contributed by atoms with E-state index in [4.69, 9.17) is 5.73 Å². The van der Waals surface area contributed by atoms with Crippen LogP contribution in [0.1, 0.15) is 13.3 Å². The molecule has 0 aliphatic rings. The second-order valence-corrected chi connectivity index (χ2v) is 5.38. The van der Waals surface area contributed by atoms with Crippen LogP contribution in [0.3, 0.4) is 0 Å². The molecule has 0 heterocycles. The smallest absolute Gasteiger partial charge is 0.307 e. The first-order chi connectivity index (χ1) is 8.86. The largest absolute Gasteiger partial charge is 0.466 e. The average molecular weight is 290 g/mol. The van der Waals surface area contributed by atoms with Gasteiger partial charge >= 0.3 is 5.97 Å². The fraction of sp³-hybridized carbons (Fsp3) is 0.364. The summed E-state index contributed by atoms with van der Waals surface area (Å²) in [5, 5.41) is 0. The van der Waals surface area contributed by atoms with Gasteiger partial charge in [0.2, 0.25) is 10.0 Å². The summed E-state index contributed by atoms with van der Waals surface area (Å²) in [7, 11) is -4.04. The lowest BCUT2D eigenvalue weighted by atomic mass is 10.3. The Morgan fingerprint density at radius 3 is 2.79 bits per heavy atom. The summed E-state index contributed by atoms with van der Waals surface area (Å²) in [6.07, 6.45) is -0.128. The van der Waals surface area contributed by atoms with Crippen molar-refractivity contribution >= 4 is 21.7 Å². The van der Waals surface area contributed by atoms with Gasteiger partial charge in [0.05, 0.1) is 13.0 Å². The zero-order chi connectivity index (χ0) is 14.5. The molecule has 1 aromatic rings. The van der Waals surface area contributed by atoms with Crippen molar-refractivity contribution < 1.29 is 22.3 Å². The zero-order valence-corrected chi connectivity index (χ0v) is 11.2. The van der Waals surface area contributed by atoms with E-state index in [-0.39, 0.29) is 25.3 Å². The average Bonchev–Trinajstić information content (AvgIpc) is 2.32. The summed E-state index contributed by atoms with van der Waals surface area (Å²) in [5.41, 5.74) is 5.54. The molecule has 0 fully saturated rings. The molecular formula is C11H15FN2O4S. The molecule has 0 saturated heterocycles. The van der Waals surface area contributed by atoms with Crippen molar-refractivity contribution in [1.82, 2.24) is 4.72 Å². The van der Waals surface area contributed by atoms with Gasteiger partial charge in [0, 0.05) is 12.2 Å². The fourth-order valence-corrected chi connectivity index (χ4v) is 2.47. The van der Waals surface area contributed by atoms with Gasteiger partial charge < -0.3 is 10.5 Å². The third-order valence-electron chi connectivity index (χ3n) is 2.17. The van der Waals surface area contributed by atoms with Crippen LogP contribution in [0.5, 0.6) is 0 Å². The van der Waals surface area contributed by atoms with Crippen LogP contribution in [0.15, 0.2) is 23.1 Å². The second-order valence-electron chi connectivity index (χ2n) is 3.64. The number of anilines is 1. The number of halogens is 1. The molecule has 0 bridgehead atoms. The lowest BCUT2D eigenvalue weighted by Crippen LogP contribution is -2.27. The first-order valence-corrected chi connectivity index (χ1v) is 7.05. The van der Waals surface area contributed by atoms with Crippen LogP contribution in [0.25, 0.3) is 0 Å². The van der Waals surface area contributed by atoms with Crippen LogP contribution in [0, 0.1) is 5.82 Å². The summed E-state index contributed by atoms with van der Waals surface area (Å²) in [6, 6.07) is 3.24. The van der Waals surface area contributed by atoms with Crippen molar-refractivity contribution in [2.75, 3.05) is 18.9 Å². The third-order valence-corrected chi connectivity index (χ3v) is 3.65. The minimum atomic E-state index is -4.04. The standard InChI is InChI=1S/C11H15FN2O4S/c1-2-18-11(15)5-6-14-19(16,17)10-7-8(13)3-4-9(10)12/h3-4,7,14H,2,5-6,13H2,1H3. The van der Waals surface area contributed by atoms with Crippen molar-refractivity contribution in [2.24, 2.45) is 0 Å². The molecule has 106 valence electrons. The highest BCUT2D eigenvalue weighted by Crippen LogP contribution is 2.17. The van der Waals surface area contributed by atoms with Gasteiger partial charge in [-0.3, -0.25) is 4.79 Å². The number of nitrogens with one attached hydrogen (secondary N) is 1. The summed E-state index contributed by atoms with van der Waals surface area (Å²) >= 11 is 0. The molecule has 0 saturated carbocycles. The van der Waals surface area contributed by atoms with Gasteiger partial charge in [-0.1, -0.05) is 0 Å². The lowest BCUT2D eigenvalue weighted by molar-refractivity contribution is -0.142.